The fraction of sp³-hybridized carbons (Fsp3) is 0.255. The van der Waals surface area contributed by atoms with Gasteiger partial charge in [-0.25, -0.2) is 4.79 Å². The zero-order valence-electron chi connectivity index (χ0n) is 44.0. The van der Waals surface area contributed by atoms with Gasteiger partial charge in [0, 0.05) is 55.6 Å². The number of aliphatic hydroxyl groups is 1. The van der Waals surface area contributed by atoms with Crippen LogP contribution in [-0.2, 0) is 29.1 Å². The van der Waals surface area contributed by atoms with E-state index in [1.54, 1.807) is 59.5 Å². The number of epoxide rings is 1. The maximum Gasteiger partial charge on any atom is 0.410 e. The second kappa shape index (κ2) is 39.6. The summed E-state index contributed by atoms with van der Waals surface area (Å²) < 4.78 is 18.8. The lowest BCUT2D eigenvalue weighted by molar-refractivity contribution is 0.0914. The minimum atomic E-state index is -0.631. The largest absolute Gasteiger partial charge is 0.442 e. The van der Waals surface area contributed by atoms with Gasteiger partial charge in [-0.3, -0.25) is 19.2 Å². The van der Waals surface area contributed by atoms with Gasteiger partial charge in [-0.2, -0.15) is 0 Å². The number of hydrogen-bond acceptors (Lipinski definition) is 14. The van der Waals surface area contributed by atoms with Crippen LogP contribution in [0.2, 0.25) is 17.3 Å². The van der Waals surface area contributed by atoms with Crippen molar-refractivity contribution in [3.05, 3.63) is 206 Å². The van der Waals surface area contributed by atoms with E-state index in [1.807, 2.05) is 114 Å². The molecule has 0 saturated carbocycles. The van der Waals surface area contributed by atoms with Gasteiger partial charge >= 0.3 is 6.09 Å². The lowest BCUT2D eigenvalue weighted by atomic mass is 10.2. The second-order valence-corrected chi connectivity index (χ2v) is 23.2. The smallest absolute Gasteiger partial charge is 0.410 e. The highest BCUT2D eigenvalue weighted by atomic mass is 127. The number of thiophene rings is 4. The number of nitrogens with two attached hydrogens (primary N) is 1. The minimum absolute atomic E-state index is 0. The fourth-order valence-electron chi connectivity index (χ4n) is 6.35. The third-order valence-electron chi connectivity index (χ3n) is 10.3. The van der Waals surface area contributed by atoms with E-state index in [-0.39, 0.29) is 63.4 Å². The third-order valence-corrected chi connectivity index (χ3v) is 15.2. The van der Waals surface area contributed by atoms with Crippen molar-refractivity contribution in [3.63, 3.8) is 0 Å². The molecular formula is C55H60BCl4IN7O8S4. The van der Waals surface area contributed by atoms with E-state index < -0.39 is 6.10 Å². The molecule has 2 aliphatic rings. The van der Waals surface area contributed by atoms with Gasteiger partial charge in [-0.1, -0.05) is 166 Å². The molecule has 425 valence electrons. The molecule has 25 heteroatoms. The number of benzene rings is 3. The molecular weight excluding hydrogens is 1290 g/mol. The number of nitrogens with zero attached hydrogens (tertiary/aromatic N) is 1. The normalized spacial score (nSPS) is 13.9. The minimum Gasteiger partial charge on any atom is -0.442 e. The quantitative estimate of drug-likeness (QED) is 0.0134. The van der Waals surface area contributed by atoms with Gasteiger partial charge in [0.2, 0.25) is 0 Å². The van der Waals surface area contributed by atoms with E-state index in [9.17, 15) is 29.1 Å². The summed E-state index contributed by atoms with van der Waals surface area (Å²) in [6.45, 7) is 8.52. The van der Waals surface area contributed by atoms with Crippen molar-refractivity contribution < 1.29 is 39.9 Å². The summed E-state index contributed by atoms with van der Waals surface area (Å²) >= 11 is 29.9. The van der Waals surface area contributed by atoms with Gasteiger partial charge in [-0.15, -0.1) is 51.9 Å². The molecule has 0 spiro atoms. The summed E-state index contributed by atoms with van der Waals surface area (Å²) in [5.74, 6) is -0.604. The van der Waals surface area contributed by atoms with Crippen molar-refractivity contribution in [1.29, 1.82) is 0 Å². The molecule has 3 aromatic carbocycles. The van der Waals surface area contributed by atoms with E-state index in [4.69, 9.17) is 63.0 Å². The zero-order chi connectivity index (χ0) is 58.1. The first-order chi connectivity index (χ1) is 38.6. The van der Waals surface area contributed by atoms with Crippen LogP contribution in [0.5, 0.6) is 0 Å². The number of rotatable bonds is 19. The van der Waals surface area contributed by atoms with Gasteiger partial charge in [0.25, 0.3) is 23.6 Å². The van der Waals surface area contributed by atoms with Crippen LogP contribution in [0.3, 0.4) is 0 Å². The van der Waals surface area contributed by atoms with Crippen LogP contribution < -0.4 is 32.3 Å². The molecule has 3 radical (unpaired) electrons. The van der Waals surface area contributed by atoms with Crippen LogP contribution in [0.1, 0.15) is 56.7 Å². The summed E-state index contributed by atoms with van der Waals surface area (Å²) in [7, 11) is 0. The van der Waals surface area contributed by atoms with Crippen LogP contribution in [-0.4, -0.2) is 117 Å². The maximum absolute atomic E-state index is 12.0. The molecule has 0 aliphatic carbocycles. The Morgan fingerprint density at radius 1 is 0.675 bits per heavy atom. The maximum atomic E-state index is 12.0. The van der Waals surface area contributed by atoms with Crippen molar-refractivity contribution in [2.75, 3.05) is 50.8 Å². The Morgan fingerprint density at radius 3 is 1.46 bits per heavy atom. The van der Waals surface area contributed by atoms with E-state index in [0.717, 1.165) is 17.7 Å². The zero-order valence-corrected chi connectivity index (χ0v) is 51.5. The summed E-state index contributed by atoms with van der Waals surface area (Å²) in [6, 6.07) is 43.2. The number of ether oxygens (including phenoxy) is 2. The van der Waals surface area contributed by atoms with Crippen molar-refractivity contribution in [2.45, 2.75) is 37.9 Å². The lowest BCUT2D eigenvalue weighted by Crippen LogP contribution is -2.37. The number of cyclic esters (lactones) is 1. The van der Waals surface area contributed by atoms with E-state index in [2.05, 4.69) is 33.2 Å². The van der Waals surface area contributed by atoms with Crippen LogP contribution in [0, 0.1) is 0 Å². The van der Waals surface area contributed by atoms with Gasteiger partial charge in [0.05, 0.1) is 68.8 Å². The molecule has 6 heterocycles. The first-order valence-electron chi connectivity index (χ1n) is 24.7. The van der Waals surface area contributed by atoms with Crippen molar-refractivity contribution in [2.24, 2.45) is 5.73 Å². The number of aliphatic hydroxyl groups excluding tert-OH is 1. The fourth-order valence-corrected chi connectivity index (χ4v) is 10.2. The number of amides is 5. The number of alkyl halides is 1. The Labute approximate surface area is 519 Å². The summed E-state index contributed by atoms with van der Waals surface area (Å²) in [5, 5.41) is 23.8. The van der Waals surface area contributed by atoms with Crippen LogP contribution in [0.15, 0.2) is 152 Å². The number of hydrogen-bond donors (Lipinski definition) is 7. The van der Waals surface area contributed by atoms with Crippen LogP contribution in [0.4, 0.5) is 4.79 Å². The molecule has 15 nitrogen and oxygen atoms in total. The van der Waals surface area contributed by atoms with Gasteiger partial charge in [0.1, 0.15) is 6.10 Å². The molecule has 2 saturated heterocycles. The van der Waals surface area contributed by atoms with E-state index in [1.165, 1.54) is 50.9 Å². The molecule has 5 amide bonds. The van der Waals surface area contributed by atoms with Crippen LogP contribution in [0.25, 0.3) is 0 Å². The van der Waals surface area contributed by atoms with Gasteiger partial charge < -0.3 is 51.8 Å². The highest BCUT2D eigenvalue weighted by molar-refractivity contribution is 14.1. The number of carbonyl (C=O) groups is 5. The first-order valence-corrected chi connectivity index (χ1v) is 30.3. The molecule has 4 aromatic heterocycles. The van der Waals surface area contributed by atoms with Crippen molar-refractivity contribution >= 4 is 152 Å². The molecule has 2 fully saturated rings. The average molecular weight is 1360 g/mol. The standard InChI is InChI=1S/C16H15ClN2O3S.C15H17ClN2O2S.C8H8ClNO2S.C8H8ClNOS.C7H9N.CH3I.B/c17-14-7-6-13(23-14)15(20)18-8-12-10-19(16(21)22-12)9-11-4-2-1-3-5-11;16-14-7-6-13(21-14)15(20)18-10-12(19)9-17-8-11-4-2-1-3-5-11;9-7-2-1-6(13-7)8(11)10-3-5-4-12-5;1-2-5-10-8(11)6-3-4-7(9)12-6;8-6-7-4-2-1-3-5-7;1-2;/h1-7,12H,8-10H2,(H,18,20);1-7,12,17,19H,8-10H2,(H,18,20);1-2,5H,3-4H2,(H,10,11);2-4H,1,5H2,(H,10,11);1-5H,6,8H2;1H3;/i;;;;;1D;. The Morgan fingerprint density at radius 2 is 1.07 bits per heavy atom. The third kappa shape index (κ3) is 27.7. The van der Waals surface area contributed by atoms with Gasteiger partial charge in [0.15, 0.2) is 0 Å². The Bertz CT molecular complexity index is 2950. The predicted molar refractivity (Wildman–Crippen MR) is 338 cm³/mol. The Balaban J connectivity index is 0.000000272. The molecule has 3 unspecified atom stereocenters. The summed E-state index contributed by atoms with van der Waals surface area (Å²) in [5.41, 5.74) is 8.74. The van der Waals surface area contributed by atoms with Crippen LogP contribution >= 0.6 is 114 Å². The summed E-state index contributed by atoms with van der Waals surface area (Å²) in [6.07, 6.45) is 0.526. The second-order valence-electron chi connectivity index (χ2n) is 16.3. The lowest BCUT2D eigenvalue weighted by Gasteiger charge is -2.12. The predicted octanol–water partition coefficient (Wildman–Crippen LogP) is 11.1. The Hall–Kier alpha value is -4.86. The topological polar surface area (TPSA) is 217 Å². The monoisotopic (exact) mass is 1350 g/mol. The highest BCUT2D eigenvalue weighted by Gasteiger charge is 2.31. The number of halogens is 5. The summed E-state index contributed by atoms with van der Waals surface area (Å²) in [4.78, 5) is 62.7. The van der Waals surface area contributed by atoms with Gasteiger partial charge in [-0.05, 0) is 70.1 Å². The highest BCUT2D eigenvalue weighted by Crippen LogP contribution is 2.24. The molecule has 8 N–H and O–H groups in total. The molecule has 2 aliphatic heterocycles. The average Bonchev–Trinajstić information content (AvgIpc) is 3.97. The van der Waals surface area contributed by atoms with E-state index >= 15 is 0 Å². The first kappa shape index (κ1) is 67.6. The number of nitrogens with one attached hydrogen (secondary N) is 5. The molecule has 0 bridgehead atoms. The molecule has 7 aromatic rings. The Kier molecular flexibility index (Phi) is 33.4. The van der Waals surface area contributed by atoms with Crippen molar-refractivity contribution in [3.8, 4) is 0 Å². The number of carbonyl (C=O) groups excluding carboxylic acids is 5. The molecule has 80 heavy (non-hydrogen) atoms. The SMILES string of the molecule is C=CCNC(=O)c1ccc(Cl)s1.NCc1ccccc1.O=C(NCC(O)CNCc1ccccc1)c1ccc(Cl)s1.O=C(NCC1CN(Cc2ccccc2)C(=O)O1)c1ccc(Cl)s1.O=C(NCC1CO1)c1ccc(Cl)s1.[2H]CI.[B]. The molecule has 3 atom stereocenters. The molecule has 9 rings (SSSR count). The van der Waals surface area contributed by atoms with Crippen molar-refractivity contribution in [1.82, 2.24) is 31.5 Å². The van der Waals surface area contributed by atoms with E-state index in [0.29, 0.717) is 87.6 Å².